The molecular weight excluding hydrogens is 246 g/mol. The predicted octanol–water partition coefficient (Wildman–Crippen LogP) is 3.22. The average molecular weight is 258 g/mol. The van der Waals surface area contributed by atoms with E-state index in [1.54, 1.807) is 0 Å². The number of alkyl halides is 1. The van der Waals surface area contributed by atoms with Crippen molar-refractivity contribution in [2.45, 2.75) is 12.4 Å². The maximum atomic E-state index is 5.74. The third-order valence-electron chi connectivity index (χ3n) is 2.86. The lowest BCUT2D eigenvalue weighted by atomic mass is 10.1. The van der Waals surface area contributed by atoms with E-state index < -0.39 is 0 Å². The van der Waals surface area contributed by atoms with Crippen LogP contribution in [0.3, 0.4) is 0 Å². The van der Waals surface area contributed by atoms with Crippen LogP contribution in [0.1, 0.15) is 11.3 Å². The van der Waals surface area contributed by atoms with E-state index in [1.165, 1.54) is 5.56 Å². The van der Waals surface area contributed by atoms with Gasteiger partial charge in [0, 0.05) is 24.3 Å². The van der Waals surface area contributed by atoms with E-state index in [9.17, 15) is 0 Å². The SMILES string of the molecule is ClCc1cn(Cc2ccc3ncccc3c2)cn1. The maximum Gasteiger partial charge on any atom is 0.0953 e. The minimum atomic E-state index is 0.453. The van der Waals surface area contributed by atoms with Gasteiger partial charge in [-0.05, 0) is 23.8 Å². The standard InChI is InChI=1S/C14H12ClN3/c15-7-13-9-18(10-17-13)8-11-3-4-14-12(6-11)2-1-5-16-14/h1-6,9-10H,7-8H2. The van der Waals surface area contributed by atoms with Crippen LogP contribution < -0.4 is 0 Å². The van der Waals surface area contributed by atoms with Crippen molar-refractivity contribution in [1.29, 1.82) is 0 Å². The van der Waals surface area contributed by atoms with Crippen molar-refractivity contribution in [3.05, 3.63) is 60.3 Å². The number of hydrogen-bond donors (Lipinski definition) is 0. The van der Waals surface area contributed by atoms with Crippen LogP contribution >= 0.6 is 11.6 Å². The summed E-state index contributed by atoms with van der Waals surface area (Å²) < 4.78 is 2.04. The predicted molar refractivity (Wildman–Crippen MR) is 72.6 cm³/mol. The summed E-state index contributed by atoms with van der Waals surface area (Å²) in [4.78, 5) is 8.52. The van der Waals surface area contributed by atoms with Crippen LogP contribution in [-0.2, 0) is 12.4 Å². The van der Waals surface area contributed by atoms with Gasteiger partial charge in [0.15, 0.2) is 0 Å². The van der Waals surface area contributed by atoms with Gasteiger partial charge in [-0.25, -0.2) is 4.98 Å². The number of imidazole rings is 1. The van der Waals surface area contributed by atoms with Crippen molar-refractivity contribution in [1.82, 2.24) is 14.5 Å². The average Bonchev–Trinajstić information content (AvgIpc) is 2.86. The third-order valence-corrected chi connectivity index (χ3v) is 3.13. The number of aromatic nitrogens is 3. The van der Waals surface area contributed by atoms with Gasteiger partial charge in [0.2, 0.25) is 0 Å². The van der Waals surface area contributed by atoms with Gasteiger partial charge in [0.1, 0.15) is 0 Å². The molecule has 3 rings (SSSR count). The molecule has 0 aliphatic carbocycles. The fourth-order valence-electron chi connectivity index (χ4n) is 2.00. The molecule has 4 heteroatoms. The Bertz CT molecular complexity index is 675. The van der Waals surface area contributed by atoms with Gasteiger partial charge in [-0.1, -0.05) is 12.1 Å². The molecule has 3 nitrogen and oxygen atoms in total. The highest BCUT2D eigenvalue weighted by Gasteiger charge is 2.00. The first-order valence-corrected chi connectivity index (χ1v) is 6.29. The Morgan fingerprint density at radius 1 is 1.17 bits per heavy atom. The molecule has 0 aliphatic heterocycles. The summed E-state index contributed by atoms with van der Waals surface area (Å²) in [7, 11) is 0. The first kappa shape index (κ1) is 11.2. The normalized spacial score (nSPS) is 10.9. The van der Waals surface area contributed by atoms with Crippen LogP contribution in [-0.4, -0.2) is 14.5 Å². The number of fused-ring (bicyclic) bond motifs is 1. The summed E-state index contributed by atoms with van der Waals surface area (Å²) in [6, 6.07) is 10.3. The fraction of sp³-hybridized carbons (Fsp3) is 0.143. The van der Waals surface area contributed by atoms with Gasteiger partial charge in [-0.15, -0.1) is 11.6 Å². The molecule has 0 spiro atoms. The van der Waals surface area contributed by atoms with Crippen LogP contribution in [0.15, 0.2) is 49.1 Å². The number of halogens is 1. The van der Waals surface area contributed by atoms with E-state index in [4.69, 9.17) is 11.6 Å². The number of rotatable bonds is 3. The highest BCUT2D eigenvalue weighted by Crippen LogP contribution is 2.14. The molecule has 90 valence electrons. The van der Waals surface area contributed by atoms with E-state index in [2.05, 4.69) is 28.2 Å². The van der Waals surface area contributed by atoms with Crippen molar-refractivity contribution in [3.8, 4) is 0 Å². The molecule has 0 saturated carbocycles. The molecule has 0 bridgehead atoms. The molecule has 2 aromatic heterocycles. The molecule has 0 atom stereocenters. The Kier molecular flexibility index (Phi) is 2.99. The number of pyridine rings is 1. The number of hydrogen-bond acceptors (Lipinski definition) is 2. The van der Waals surface area contributed by atoms with Gasteiger partial charge in [0.05, 0.1) is 23.4 Å². The first-order chi connectivity index (χ1) is 8.85. The van der Waals surface area contributed by atoms with Gasteiger partial charge < -0.3 is 4.57 Å². The summed E-state index contributed by atoms with van der Waals surface area (Å²) in [5.74, 6) is 0.453. The highest BCUT2D eigenvalue weighted by atomic mass is 35.5. The van der Waals surface area contributed by atoms with Crippen molar-refractivity contribution in [2.24, 2.45) is 0 Å². The molecular formula is C14H12ClN3. The summed E-state index contributed by atoms with van der Waals surface area (Å²) >= 11 is 5.74. The maximum absolute atomic E-state index is 5.74. The van der Waals surface area contributed by atoms with Crippen LogP contribution in [0.2, 0.25) is 0 Å². The van der Waals surface area contributed by atoms with Crippen LogP contribution in [0, 0.1) is 0 Å². The van der Waals surface area contributed by atoms with Crippen molar-refractivity contribution < 1.29 is 0 Å². The van der Waals surface area contributed by atoms with Gasteiger partial charge in [-0.2, -0.15) is 0 Å². The van der Waals surface area contributed by atoms with Crippen LogP contribution in [0.25, 0.3) is 10.9 Å². The largest absolute Gasteiger partial charge is 0.333 e. The van der Waals surface area contributed by atoms with Crippen LogP contribution in [0.4, 0.5) is 0 Å². The molecule has 1 aromatic carbocycles. The van der Waals surface area contributed by atoms with Crippen molar-refractivity contribution in [2.75, 3.05) is 0 Å². The molecule has 2 heterocycles. The first-order valence-electron chi connectivity index (χ1n) is 5.75. The smallest absolute Gasteiger partial charge is 0.0953 e. The van der Waals surface area contributed by atoms with Crippen molar-refractivity contribution >= 4 is 22.5 Å². The second kappa shape index (κ2) is 4.78. The van der Waals surface area contributed by atoms with E-state index in [0.717, 1.165) is 23.1 Å². The zero-order valence-corrected chi connectivity index (χ0v) is 10.5. The van der Waals surface area contributed by atoms with Crippen LogP contribution in [0.5, 0.6) is 0 Å². The molecule has 0 amide bonds. The lowest BCUT2D eigenvalue weighted by Crippen LogP contribution is -1.96. The molecule has 0 unspecified atom stereocenters. The minimum Gasteiger partial charge on any atom is -0.333 e. The molecule has 0 N–H and O–H groups in total. The summed E-state index contributed by atoms with van der Waals surface area (Å²) in [5.41, 5.74) is 3.15. The lowest BCUT2D eigenvalue weighted by molar-refractivity contribution is 0.798. The summed E-state index contributed by atoms with van der Waals surface area (Å²) in [6.07, 6.45) is 5.59. The van der Waals surface area contributed by atoms with E-state index >= 15 is 0 Å². The van der Waals surface area contributed by atoms with E-state index in [0.29, 0.717) is 5.88 Å². The topological polar surface area (TPSA) is 30.7 Å². The Morgan fingerprint density at radius 2 is 2.11 bits per heavy atom. The second-order valence-corrected chi connectivity index (χ2v) is 4.47. The third kappa shape index (κ3) is 2.22. The van der Waals surface area contributed by atoms with Crippen molar-refractivity contribution in [3.63, 3.8) is 0 Å². The quantitative estimate of drug-likeness (QED) is 0.675. The molecule has 3 aromatic rings. The van der Waals surface area contributed by atoms with Gasteiger partial charge in [0.25, 0.3) is 0 Å². The van der Waals surface area contributed by atoms with E-state index in [1.807, 2.05) is 35.4 Å². The zero-order valence-electron chi connectivity index (χ0n) is 9.75. The number of nitrogens with zero attached hydrogens (tertiary/aromatic N) is 3. The molecule has 0 fully saturated rings. The molecule has 0 saturated heterocycles. The fourth-order valence-corrected chi connectivity index (χ4v) is 2.13. The number of benzene rings is 1. The molecule has 18 heavy (non-hydrogen) atoms. The second-order valence-electron chi connectivity index (χ2n) is 4.20. The molecule has 0 radical (unpaired) electrons. The Morgan fingerprint density at radius 3 is 2.94 bits per heavy atom. The van der Waals surface area contributed by atoms with Gasteiger partial charge in [-0.3, -0.25) is 4.98 Å². The van der Waals surface area contributed by atoms with E-state index in [-0.39, 0.29) is 0 Å². The Labute approximate surface area is 110 Å². The monoisotopic (exact) mass is 257 g/mol. The highest BCUT2D eigenvalue weighted by molar-refractivity contribution is 6.16. The van der Waals surface area contributed by atoms with Gasteiger partial charge >= 0.3 is 0 Å². The Balaban J connectivity index is 1.90. The summed E-state index contributed by atoms with van der Waals surface area (Å²) in [5, 5.41) is 1.16. The zero-order chi connectivity index (χ0) is 12.4. The summed E-state index contributed by atoms with van der Waals surface area (Å²) in [6.45, 7) is 0.800. The molecule has 0 aliphatic rings. The minimum absolute atomic E-state index is 0.453. The lowest BCUT2D eigenvalue weighted by Gasteiger charge is -2.04. The Hall–Kier alpha value is -1.87.